The first-order valence-corrected chi connectivity index (χ1v) is 6.98. The summed E-state index contributed by atoms with van der Waals surface area (Å²) in [6.07, 6.45) is 4.59. The molecule has 5 heteroatoms. The van der Waals surface area contributed by atoms with Crippen molar-refractivity contribution in [1.29, 1.82) is 0 Å². The predicted octanol–water partition coefficient (Wildman–Crippen LogP) is 4.16. The highest BCUT2D eigenvalue weighted by atomic mass is 79.9. The molecule has 0 aliphatic heterocycles. The van der Waals surface area contributed by atoms with Gasteiger partial charge in [0.05, 0.1) is 10.6 Å². The van der Waals surface area contributed by atoms with Crippen LogP contribution in [-0.2, 0) is 0 Å². The van der Waals surface area contributed by atoms with Gasteiger partial charge in [0, 0.05) is 24.1 Å². The van der Waals surface area contributed by atoms with Crippen LogP contribution in [0.25, 0.3) is 0 Å². The molecule has 0 radical (unpaired) electrons. The molecule has 0 bridgehead atoms. The molecular formula is C14H16BrN3O. The maximum absolute atomic E-state index is 5.77. The van der Waals surface area contributed by atoms with E-state index in [1.54, 1.807) is 12.4 Å². The van der Waals surface area contributed by atoms with Gasteiger partial charge in [-0.2, -0.15) is 0 Å². The summed E-state index contributed by atoms with van der Waals surface area (Å²) in [7, 11) is 0. The summed E-state index contributed by atoms with van der Waals surface area (Å²) in [4.78, 5) is 8.34. The van der Waals surface area contributed by atoms with Crippen molar-refractivity contribution in [1.82, 2.24) is 9.97 Å². The number of nitrogens with one attached hydrogen (secondary N) is 1. The van der Waals surface area contributed by atoms with E-state index in [-0.39, 0.29) is 6.10 Å². The summed E-state index contributed by atoms with van der Waals surface area (Å²) in [5.41, 5.74) is 0.906. The maximum Gasteiger partial charge on any atom is 0.227 e. The van der Waals surface area contributed by atoms with Crippen molar-refractivity contribution in [2.24, 2.45) is 0 Å². The minimum absolute atomic E-state index is 0.208. The molecule has 0 saturated carbocycles. The van der Waals surface area contributed by atoms with E-state index < -0.39 is 0 Å². The van der Waals surface area contributed by atoms with Gasteiger partial charge in [-0.3, -0.25) is 0 Å². The molecule has 2 aromatic rings. The van der Waals surface area contributed by atoms with E-state index in [0.717, 1.165) is 22.3 Å². The SMILES string of the molecule is CCC(C)Oc1cccc(Nc2ncc(Br)cn2)c1. The van der Waals surface area contributed by atoms with Crippen LogP contribution < -0.4 is 10.1 Å². The van der Waals surface area contributed by atoms with E-state index in [1.165, 1.54) is 0 Å². The second-order valence-corrected chi connectivity index (χ2v) is 5.13. The number of hydrogen-bond acceptors (Lipinski definition) is 4. The first-order valence-electron chi connectivity index (χ1n) is 6.18. The standard InChI is InChI=1S/C14H16BrN3O/c1-3-10(2)19-13-6-4-5-12(7-13)18-14-16-8-11(15)9-17-14/h4-10H,3H2,1-2H3,(H,16,17,18). The Hall–Kier alpha value is -1.62. The molecule has 19 heavy (non-hydrogen) atoms. The molecule has 1 heterocycles. The molecule has 2 rings (SSSR count). The smallest absolute Gasteiger partial charge is 0.227 e. The van der Waals surface area contributed by atoms with Gasteiger partial charge >= 0.3 is 0 Å². The fraction of sp³-hybridized carbons (Fsp3) is 0.286. The molecule has 0 amide bonds. The Kier molecular flexibility index (Phi) is 4.74. The second-order valence-electron chi connectivity index (χ2n) is 4.21. The fourth-order valence-corrected chi connectivity index (χ4v) is 1.67. The summed E-state index contributed by atoms with van der Waals surface area (Å²) in [6.45, 7) is 4.15. The van der Waals surface area contributed by atoms with Gasteiger partial charge in [-0.05, 0) is 41.4 Å². The van der Waals surface area contributed by atoms with Crippen LogP contribution in [-0.4, -0.2) is 16.1 Å². The molecule has 0 aliphatic rings. The van der Waals surface area contributed by atoms with Crippen LogP contribution in [0.15, 0.2) is 41.1 Å². The number of benzene rings is 1. The molecule has 1 unspecified atom stereocenters. The molecular weight excluding hydrogens is 306 g/mol. The van der Waals surface area contributed by atoms with Crippen molar-refractivity contribution in [3.05, 3.63) is 41.1 Å². The zero-order chi connectivity index (χ0) is 13.7. The van der Waals surface area contributed by atoms with Gasteiger partial charge < -0.3 is 10.1 Å². The summed E-state index contributed by atoms with van der Waals surface area (Å²) >= 11 is 3.30. The summed E-state index contributed by atoms with van der Waals surface area (Å²) in [5.74, 6) is 1.40. The average molecular weight is 322 g/mol. The zero-order valence-electron chi connectivity index (χ0n) is 10.9. The first-order chi connectivity index (χ1) is 9.17. The van der Waals surface area contributed by atoms with Crippen LogP contribution in [0.3, 0.4) is 0 Å². The Morgan fingerprint density at radius 1 is 1.32 bits per heavy atom. The third-order valence-electron chi connectivity index (χ3n) is 2.62. The van der Waals surface area contributed by atoms with Crippen LogP contribution >= 0.6 is 15.9 Å². The van der Waals surface area contributed by atoms with Crippen molar-refractivity contribution < 1.29 is 4.74 Å². The summed E-state index contributed by atoms with van der Waals surface area (Å²) < 4.78 is 6.63. The average Bonchev–Trinajstić information content (AvgIpc) is 2.42. The lowest BCUT2D eigenvalue weighted by Gasteiger charge is -2.13. The predicted molar refractivity (Wildman–Crippen MR) is 79.8 cm³/mol. The molecule has 1 N–H and O–H groups in total. The van der Waals surface area contributed by atoms with Crippen molar-refractivity contribution in [3.63, 3.8) is 0 Å². The highest BCUT2D eigenvalue weighted by molar-refractivity contribution is 9.10. The number of hydrogen-bond donors (Lipinski definition) is 1. The van der Waals surface area contributed by atoms with Gasteiger partial charge in [0.25, 0.3) is 0 Å². The van der Waals surface area contributed by atoms with Gasteiger partial charge in [-0.15, -0.1) is 0 Å². The van der Waals surface area contributed by atoms with Crippen molar-refractivity contribution >= 4 is 27.6 Å². The first kappa shape index (κ1) is 13.8. The normalized spacial score (nSPS) is 11.9. The van der Waals surface area contributed by atoms with Crippen LogP contribution in [0.5, 0.6) is 5.75 Å². The third-order valence-corrected chi connectivity index (χ3v) is 3.03. The van der Waals surface area contributed by atoms with E-state index >= 15 is 0 Å². The molecule has 0 fully saturated rings. The van der Waals surface area contributed by atoms with Gasteiger partial charge in [0.1, 0.15) is 5.75 Å². The Bertz CT molecular complexity index is 530. The lowest BCUT2D eigenvalue weighted by atomic mass is 10.3. The van der Waals surface area contributed by atoms with Crippen LogP contribution in [0, 0.1) is 0 Å². The number of ether oxygens (including phenoxy) is 1. The van der Waals surface area contributed by atoms with Crippen molar-refractivity contribution in [3.8, 4) is 5.75 Å². The van der Waals surface area contributed by atoms with Crippen LogP contribution in [0.4, 0.5) is 11.6 Å². The number of halogens is 1. The van der Waals surface area contributed by atoms with E-state index in [1.807, 2.05) is 24.3 Å². The third kappa shape index (κ3) is 4.21. The van der Waals surface area contributed by atoms with Crippen LogP contribution in [0.2, 0.25) is 0 Å². The molecule has 0 spiro atoms. The molecule has 1 atom stereocenters. The largest absolute Gasteiger partial charge is 0.491 e. The number of rotatable bonds is 5. The van der Waals surface area contributed by atoms with Crippen LogP contribution in [0.1, 0.15) is 20.3 Å². The molecule has 0 aliphatic carbocycles. The number of nitrogens with zero attached hydrogens (tertiary/aromatic N) is 2. The Balaban J connectivity index is 2.08. The second kappa shape index (κ2) is 6.52. The quantitative estimate of drug-likeness (QED) is 0.898. The molecule has 0 saturated heterocycles. The van der Waals surface area contributed by atoms with Crippen molar-refractivity contribution in [2.45, 2.75) is 26.4 Å². The highest BCUT2D eigenvalue weighted by Crippen LogP contribution is 2.21. The molecule has 1 aromatic heterocycles. The van der Waals surface area contributed by atoms with E-state index in [2.05, 4.69) is 45.1 Å². The Morgan fingerprint density at radius 2 is 2.05 bits per heavy atom. The molecule has 1 aromatic carbocycles. The van der Waals surface area contributed by atoms with Gasteiger partial charge in [-0.1, -0.05) is 13.0 Å². The van der Waals surface area contributed by atoms with Gasteiger partial charge in [0.15, 0.2) is 0 Å². The zero-order valence-corrected chi connectivity index (χ0v) is 12.5. The van der Waals surface area contributed by atoms with Crippen molar-refractivity contribution in [2.75, 3.05) is 5.32 Å². The fourth-order valence-electron chi connectivity index (χ4n) is 1.47. The lowest BCUT2D eigenvalue weighted by Crippen LogP contribution is -2.09. The molecule has 100 valence electrons. The highest BCUT2D eigenvalue weighted by Gasteiger charge is 2.03. The van der Waals surface area contributed by atoms with Gasteiger partial charge in [0.2, 0.25) is 5.95 Å². The summed E-state index contributed by atoms with van der Waals surface area (Å²) in [5, 5.41) is 3.14. The summed E-state index contributed by atoms with van der Waals surface area (Å²) in [6, 6.07) is 7.78. The Labute approximate surface area is 121 Å². The molecule has 4 nitrogen and oxygen atoms in total. The minimum atomic E-state index is 0.208. The lowest BCUT2D eigenvalue weighted by molar-refractivity contribution is 0.217. The topological polar surface area (TPSA) is 47.0 Å². The van der Waals surface area contributed by atoms with E-state index in [9.17, 15) is 0 Å². The Morgan fingerprint density at radius 3 is 2.74 bits per heavy atom. The minimum Gasteiger partial charge on any atom is -0.491 e. The van der Waals surface area contributed by atoms with E-state index in [0.29, 0.717) is 5.95 Å². The van der Waals surface area contributed by atoms with Gasteiger partial charge in [-0.25, -0.2) is 9.97 Å². The number of anilines is 2. The number of aromatic nitrogens is 2. The monoisotopic (exact) mass is 321 g/mol. The maximum atomic E-state index is 5.77. The van der Waals surface area contributed by atoms with E-state index in [4.69, 9.17) is 4.74 Å².